The van der Waals surface area contributed by atoms with Crippen LogP contribution in [0.3, 0.4) is 0 Å². The standard InChI is InChI=1S/C55H67N3O2/c1-32-24-37(58-44-22-21-35(49(4,5)6)27-41(44)52(13,14)40-20-19-23-56-47(40)58)30-38(25-32)59-45-31-39(33(2)26-34(45)3)48-57-55(18)53(15,16)46-42(51(10,11)12)28-36(50(7,8)9)29-43(46)54(55,17)60-48/h19-31H,1-18H3/t54-,55+/m0/s1. The summed E-state index contributed by atoms with van der Waals surface area (Å²) in [5.41, 5.74) is 13.8. The van der Waals surface area contributed by atoms with Crippen LogP contribution in [0.2, 0.25) is 0 Å². The average Bonchev–Trinajstić information content (AvgIpc) is 3.48. The van der Waals surface area contributed by atoms with E-state index in [1.165, 1.54) is 38.9 Å². The molecule has 1 aromatic heterocycles. The van der Waals surface area contributed by atoms with Crippen molar-refractivity contribution in [2.24, 2.45) is 4.99 Å². The van der Waals surface area contributed by atoms with Crippen LogP contribution in [0.15, 0.2) is 84.0 Å². The Morgan fingerprint density at radius 3 is 1.97 bits per heavy atom. The second-order valence-corrected chi connectivity index (χ2v) is 22.6. The number of nitrogens with zero attached hydrogens (tertiary/aromatic N) is 3. The van der Waals surface area contributed by atoms with Crippen LogP contribution in [-0.2, 0) is 37.4 Å². The molecule has 4 aromatic carbocycles. The van der Waals surface area contributed by atoms with E-state index in [2.05, 4.69) is 202 Å². The first-order chi connectivity index (χ1) is 27.6. The maximum absolute atomic E-state index is 7.30. The van der Waals surface area contributed by atoms with E-state index in [-0.39, 0.29) is 27.1 Å². The molecule has 5 aromatic rings. The molecule has 0 bridgehead atoms. The Morgan fingerprint density at radius 2 is 1.32 bits per heavy atom. The van der Waals surface area contributed by atoms with Crippen molar-refractivity contribution in [3.63, 3.8) is 0 Å². The number of pyridine rings is 1. The van der Waals surface area contributed by atoms with Crippen molar-refractivity contribution < 1.29 is 9.47 Å². The molecule has 60 heavy (non-hydrogen) atoms. The van der Waals surface area contributed by atoms with E-state index in [4.69, 9.17) is 19.5 Å². The number of anilines is 3. The molecule has 3 heterocycles. The lowest BCUT2D eigenvalue weighted by molar-refractivity contribution is 0.0190. The Bertz CT molecular complexity index is 2620. The summed E-state index contributed by atoms with van der Waals surface area (Å²) >= 11 is 0. The van der Waals surface area contributed by atoms with Gasteiger partial charge in [-0.05, 0) is 126 Å². The van der Waals surface area contributed by atoms with Crippen molar-refractivity contribution in [1.29, 1.82) is 0 Å². The predicted molar refractivity (Wildman–Crippen MR) is 251 cm³/mol. The Kier molecular flexibility index (Phi) is 9.10. The molecule has 2 aliphatic heterocycles. The maximum atomic E-state index is 7.30. The summed E-state index contributed by atoms with van der Waals surface area (Å²) in [6.07, 6.45) is 1.90. The van der Waals surface area contributed by atoms with Crippen LogP contribution in [0, 0.1) is 20.8 Å². The molecule has 0 spiro atoms. The van der Waals surface area contributed by atoms with Crippen LogP contribution in [-0.4, -0.2) is 16.4 Å². The molecular weight excluding hydrogens is 735 g/mol. The summed E-state index contributed by atoms with van der Waals surface area (Å²) in [6.45, 7) is 41.1. The van der Waals surface area contributed by atoms with Gasteiger partial charge in [-0.15, -0.1) is 0 Å². The zero-order valence-corrected chi connectivity index (χ0v) is 39.7. The Balaban J connectivity index is 1.20. The minimum atomic E-state index is -0.663. The normalized spacial score (nSPS) is 21.4. The highest BCUT2D eigenvalue weighted by atomic mass is 16.5. The first-order valence-electron chi connectivity index (χ1n) is 21.9. The van der Waals surface area contributed by atoms with E-state index < -0.39 is 11.1 Å². The van der Waals surface area contributed by atoms with Gasteiger partial charge >= 0.3 is 0 Å². The SMILES string of the molecule is Cc1cc(Oc2cc(C3=N[C@]4(C)C(C)(C)c5c(C(C)(C)C)cc(C(C)(C)C)cc5[C@]4(C)O3)c(C)cc2C)cc(N2c3ccc(C(C)(C)C)cc3C(C)(C)c3cccnc32)c1. The van der Waals surface area contributed by atoms with E-state index in [9.17, 15) is 0 Å². The molecule has 8 rings (SSSR count). The number of aliphatic imine (C=N–C) groups is 1. The van der Waals surface area contributed by atoms with Crippen molar-refractivity contribution in [3.05, 3.63) is 140 Å². The molecular formula is C55H67N3O2. The summed E-state index contributed by atoms with van der Waals surface area (Å²) in [7, 11) is 0. The lowest BCUT2D eigenvalue weighted by Gasteiger charge is -2.41. The molecule has 3 aliphatic rings. The number of aryl methyl sites for hydroxylation is 3. The smallest absolute Gasteiger partial charge is 0.218 e. The van der Waals surface area contributed by atoms with E-state index in [0.29, 0.717) is 5.90 Å². The Hall–Kier alpha value is -4.90. The summed E-state index contributed by atoms with van der Waals surface area (Å²) in [4.78, 5) is 13.0. The van der Waals surface area contributed by atoms with Crippen LogP contribution in [0.4, 0.5) is 17.2 Å². The first kappa shape index (κ1) is 41.8. The third kappa shape index (κ3) is 6.15. The summed E-state index contributed by atoms with van der Waals surface area (Å²) < 4.78 is 14.2. The summed E-state index contributed by atoms with van der Waals surface area (Å²) in [5.74, 6) is 3.17. The molecule has 314 valence electrons. The minimum absolute atomic E-state index is 0.0179. The zero-order chi connectivity index (χ0) is 43.9. The lowest BCUT2D eigenvalue weighted by Crippen LogP contribution is -2.49. The second-order valence-electron chi connectivity index (χ2n) is 22.6. The molecule has 0 N–H and O–H groups in total. The highest BCUT2D eigenvalue weighted by molar-refractivity contribution is 5.99. The van der Waals surface area contributed by atoms with Gasteiger partial charge in [0.2, 0.25) is 5.90 Å². The molecule has 5 nitrogen and oxygen atoms in total. The molecule has 0 unspecified atom stereocenters. The van der Waals surface area contributed by atoms with E-state index >= 15 is 0 Å². The van der Waals surface area contributed by atoms with Gasteiger partial charge in [-0.1, -0.05) is 126 Å². The Labute approximate surface area is 360 Å². The number of ether oxygens (including phenoxy) is 2. The van der Waals surface area contributed by atoms with Crippen molar-refractivity contribution in [1.82, 2.24) is 4.98 Å². The number of rotatable bonds is 4. The van der Waals surface area contributed by atoms with Gasteiger partial charge in [-0.2, -0.15) is 0 Å². The van der Waals surface area contributed by atoms with Crippen molar-refractivity contribution >= 4 is 23.1 Å². The fraction of sp³-hybridized carbons (Fsp3) is 0.455. The van der Waals surface area contributed by atoms with Crippen molar-refractivity contribution in [2.75, 3.05) is 4.90 Å². The Morgan fingerprint density at radius 1 is 0.650 bits per heavy atom. The fourth-order valence-electron chi connectivity index (χ4n) is 10.3. The quantitative estimate of drug-likeness (QED) is 0.182. The van der Waals surface area contributed by atoms with Gasteiger partial charge in [-0.25, -0.2) is 9.98 Å². The van der Waals surface area contributed by atoms with Gasteiger partial charge in [-0.3, -0.25) is 4.90 Å². The van der Waals surface area contributed by atoms with E-state index in [0.717, 1.165) is 50.9 Å². The average molecular weight is 802 g/mol. The number of benzene rings is 4. The fourth-order valence-corrected chi connectivity index (χ4v) is 10.3. The molecule has 2 atom stereocenters. The number of aromatic nitrogens is 1. The van der Waals surface area contributed by atoms with Gasteiger partial charge in [0.25, 0.3) is 0 Å². The molecule has 0 saturated heterocycles. The lowest BCUT2D eigenvalue weighted by atomic mass is 9.67. The number of fused-ring (bicyclic) bond motifs is 5. The van der Waals surface area contributed by atoms with Crippen LogP contribution in [0.1, 0.15) is 165 Å². The van der Waals surface area contributed by atoms with E-state index in [1.807, 2.05) is 6.20 Å². The molecule has 5 heteroatoms. The third-order valence-electron chi connectivity index (χ3n) is 14.4. The van der Waals surface area contributed by atoms with E-state index in [1.54, 1.807) is 0 Å². The number of hydrogen-bond acceptors (Lipinski definition) is 5. The largest absolute Gasteiger partial charge is 0.464 e. The minimum Gasteiger partial charge on any atom is -0.464 e. The van der Waals surface area contributed by atoms with Gasteiger partial charge in [0, 0.05) is 39.8 Å². The van der Waals surface area contributed by atoms with Gasteiger partial charge in [0.15, 0.2) is 5.60 Å². The van der Waals surface area contributed by atoms with Crippen LogP contribution in [0.25, 0.3) is 0 Å². The summed E-state index contributed by atoms with van der Waals surface area (Å²) in [5, 5.41) is 0. The predicted octanol–water partition coefficient (Wildman–Crippen LogP) is 14.5. The second kappa shape index (κ2) is 13.1. The molecule has 0 amide bonds. The highest BCUT2D eigenvalue weighted by Gasteiger charge is 2.68. The van der Waals surface area contributed by atoms with Gasteiger partial charge in [0.1, 0.15) is 22.9 Å². The highest BCUT2D eigenvalue weighted by Crippen LogP contribution is 2.64. The molecule has 0 fully saturated rings. The number of hydrogen-bond donors (Lipinski definition) is 0. The summed E-state index contributed by atoms with van der Waals surface area (Å²) in [6, 6.07) is 26.9. The first-order valence-corrected chi connectivity index (χ1v) is 21.9. The zero-order valence-electron chi connectivity index (χ0n) is 39.7. The third-order valence-corrected chi connectivity index (χ3v) is 14.4. The molecule has 1 aliphatic carbocycles. The van der Waals surface area contributed by atoms with Gasteiger partial charge in [0.05, 0.1) is 11.4 Å². The van der Waals surface area contributed by atoms with Gasteiger partial charge < -0.3 is 9.47 Å². The van der Waals surface area contributed by atoms with Crippen LogP contribution in [0.5, 0.6) is 11.5 Å². The monoisotopic (exact) mass is 802 g/mol. The van der Waals surface area contributed by atoms with Crippen molar-refractivity contribution in [3.8, 4) is 11.5 Å². The van der Waals surface area contributed by atoms with Crippen LogP contribution < -0.4 is 9.64 Å². The maximum Gasteiger partial charge on any atom is 0.218 e. The topological polar surface area (TPSA) is 47.0 Å². The van der Waals surface area contributed by atoms with Crippen molar-refractivity contribution in [2.45, 2.75) is 163 Å². The van der Waals surface area contributed by atoms with Crippen LogP contribution >= 0.6 is 0 Å². The molecule has 0 radical (unpaired) electrons. The molecule has 0 saturated carbocycles.